The van der Waals surface area contributed by atoms with Crippen molar-refractivity contribution in [2.75, 3.05) is 4.90 Å². The van der Waals surface area contributed by atoms with Gasteiger partial charge in [0.05, 0.1) is 5.41 Å². The van der Waals surface area contributed by atoms with Crippen molar-refractivity contribution in [3.8, 4) is 43.8 Å². The molecule has 0 amide bonds. The minimum absolute atomic E-state index is 0.530. The summed E-state index contributed by atoms with van der Waals surface area (Å²) in [7, 11) is 0. The van der Waals surface area contributed by atoms with Crippen molar-refractivity contribution in [2.45, 2.75) is 12.3 Å². The monoisotopic (exact) mass is 857 g/mol. The van der Waals surface area contributed by atoms with Crippen LogP contribution in [0.2, 0.25) is 0 Å². The lowest BCUT2D eigenvalue weighted by molar-refractivity contribution is 0.801. The van der Waals surface area contributed by atoms with Crippen molar-refractivity contribution < 1.29 is 0 Å². The highest BCUT2D eigenvalue weighted by Gasteiger charge is 2.54. The van der Waals surface area contributed by atoms with Gasteiger partial charge in [-0.15, -0.1) is 11.3 Å². The van der Waals surface area contributed by atoms with E-state index in [0.717, 1.165) is 17.1 Å². The molecule has 1 unspecified atom stereocenters. The van der Waals surface area contributed by atoms with Gasteiger partial charge in [-0.3, -0.25) is 0 Å². The maximum atomic E-state index is 2.54. The molecule has 1 heterocycles. The summed E-state index contributed by atoms with van der Waals surface area (Å²) in [5.74, 6) is 0. The zero-order chi connectivity index (χ0) is 43.8. The molecule has 1 nitrogen and oxygen atoms in total. The molecule has 2 aliphatic carbocycles. The lowest BCUT2D eigenvalue weighted by Crippen LogP contribution is -2.26. The van der Waals surface area contributed by atoms with E-state index in [1.54, 1.807) is 0 Å². The van der Waals surface area contributed by atoms with E-state index in [9.17, 15) is 0 Å². The van der Waals surface area contributed by atoms with Crippen LogP contribution in [0.3, 0.4) is 0 Å². The quantitative estimate of drug-likeness (QED) is 0.144. The van der Waals surface area contributed by atoms with Gasteiger partial charge in [0.1, 0.15) is 0 Å². The molecule has 1 aromatic heterocycles. The average Bonchev–Trinajstić information content (AvgIpc) is 3.99. The molecule has 0 fully saturated rings. The van der Waals surface area contributed by atoms with Crippen molar-refractivity contribution >= 4 is 61.4 Å². The van der Waals surface area contributed by atoms with Crippen molar-refractivity contribution in [3.63, 3.8) is 0 Å². The fourth-order valence-corrected chi connectivity index (χ4v) is 12.4. The molecule has 0 aliphatic heterocycles. The maximum Gasteiger partial charge on any atom is 0.0741 e. The minimum atomic E-state index is -0.530. The second kappa shape index (κ2) is 15.3. The number of anilines is 3. The van der Waals surface area contributed by atoms with Crippen LogP contribution in [-0.4, -0.2) is 0 Å². The van der Waals surface area contributed by atoms with Crippen LogP contribution in [0.5, 0.6) is 0 Å². The van der Waals surface area contributed by atoms with Crippen molar-refractivity contribution in [2.24, 2.45) is 0 Å². The first-order valence-electron chi connectivity index (χ1n) is 22.8. The van der Waals surface area contributed by atoms with Crippen LogP contribution in [0, 0.1) is 6.92 Å². The van der Waals surface area contributed by atoms with Crippen LogP contribution in [-0.2, 0) is 5.41 Å². The molecule has 0 radical (unpaired) electrons. The first-order valence-corrected chi connectivity index (χ1v) is 23.6. The Morgan fingerprint density at radius 2 is 1.06 bits per heavy atom. The summed E-state index contributed by atoms with van der Waals surface area (Å²) in [5.41, 5.74) is 20.8. The van der Waals surface area contributed by atoms with E-state index in [1.165, 1.54) is 104 Å². The molecular weight excluding hydrogens is 815 g/mol. The van der Waals surface area contributed by atoms with E-state index in [4.69, 9.17) is 0 Å². The number of rotatable bonds is 7. The van der Waals surface area contributed by atoms with Gasteiger partial charge >= 0.3 is 0 Å². The first kappa shape index (κ1) is 38.4. The van der Waals surface area contributed by atoms with Gasteiger partial charge in [0.25, 0.3) is 0 Å². The molecular formula is C64H43NS. The third kappa shape index (κ3) is 5.85. The largest absolute Gasteiger partial charge is 0.310 e. The summed E-state index contributed by atoms with van der Waals surface area (Å²) in [6.45, 7) is 2.32. The normalized spacial score (nSPS) is 14.4. The van der Waals surface area contributed by atoms with Crippen LogP contribution in [0.1, 0.15) is 38.9 Å². The Hall–Kier alpha value is -8.04. The molecule has 1 atom stereocenters. The highest BCUT2D eigenvalue weighted by molar-refractivity contribution is 7.22. The van der Waals surface area contributed by atoms with Gasteiger partial charge < -0.3 is 4.90 Å². The third-order valence-corrected chi connectivity index (χ3v) is 15.2. The van der Waals surface area contributed by atoms with Crippen LogP contribution < -0.4 is 4.90 Å². The molecule has 0 bridgehead atoms. The highest BCUT2D eigenvalue weighted by atomic mass is 32.1. The maximum absolute atomic E-state index is 2.54. The van der Waals surface area contributed by atoms with Crippen LogP contribution in [0.15, 0.2) is 231 Å². The van der Waals surface area contributed by atoms with Gasteiger partial charge in [-0.25, -0.2) is 0 Å². The fourth-order valence-electron chi connectivity index (χ4n) is 11.1. The molecule has 13 rings (SSSR count). The zero-order valence-corrected chi connectivity index (χ0v) is 37.3. The van der Waals surface area contributed by atoms with Gasteiger partial charge in [0.2, 0.25) is 0 Å². The number of hydrogen-bond acceptors (Lipinski definition) is 2. The Balaban J connectivity index is 1.04. The van der Waals surface area contributed by atoms with Crippen LogP contribution in [0.25, 0.3) is 76.8 Å². The third-order valence-electron chi connectivity index (χ3n) is 14.0. The standard InChI is InChI=1S/C64H43NS/c1-42-39-58-56(41-55(42)52-28-16-23-46-21-15-22-47(61(46)52)32-31-43-17-5-2-6-18-43)51-26-11-13-29-57(51)64(58)59-40-50(37-38-53(59)63-62(64)54-27-12-14-30-60(54)66-63)65(48-24-9-4-10-25-48)49-35-33-45(34-36-49)44-19-7-3-8-20-44/h2-41H,1H3/b32-31-. The molecule has 2 heteroatoms. The van der Waals surface area contributed by atoms with E-state index in [-0.39, 0.29) is 0 Å². The van der Waals surface area contributed by atoms with E-state index in [1.807, 2.05) is 11.3 Å². The molecule has 11 aromatic rings. The second-order valence-corrected chi connectivity index (χ2v) is 18.7. The predicted molar refractivity (Wildman–Crippen MR) is 281 cm³/mol. The molecule has 0 N–H and O–H groups in total. The van der Waals surface area contributed by atoms with Crippen molar-refractivity contribution in [3.05, 3.63) is 269 Å². The van der Waals surface area contributed by atoms with Crippen molar-refractivity contribution in [1.82, 2.24) is 0 Å². The Labute approximate surface area is 389 Å². The summed E-state index contributed by atoms with van der Waals surface area (Å²) < 4.78 is 1.33. The molecule has 0 saturated heterocycles. The molecule has 2 aliphatic rings. The number of para-hydroxylation sites is 1. The van der Waals surface area contributed by atoms with Gasteiger partial charge in [0, 0.05) is 26.6 Å². The van der Waals surface area contributed by atoms with E-state index >= 15 is 0 Å². The Morgan fingerprint density at radius 3 is 1.88 bits per heavy atom. The SMILES string of the molecule is Cc1cc2c(cc1-c1cccc3cccc(/C=C\c4ccccc4)c13)-c1ccccc1C21c2cc(N(c3ccccc3)c3ccc(-c4ccccc4)cc3)ccc2-c2sc3ccccc3c21. The lowest BCUT2D eigenvalue weighted by Gasteiger charge is -2.32. The van der Waals surface area contributed by atoms with Crippen LogP contribution in [0.4, 0.5) is 17.1 Å². The summed E-state index contributed by atoms with van der Waals surface area (Å²) in [6.07, 6.45) is 4.51. The average molecular weight is 858 g/mol. The molecule has 1 spiro atoms. The Morgan fingerprint density at radius 1 is 0.424 bits per heavy atom. The molecule has 66 heavy (non-hydrogen) atoms. The smallest absolute Gasteiger partial charge is 0.0741 e. The number of thiophene rings is 1. The van der Waals surface area contributed by atoms with E-state index in [0.29, 0.717) is 0 Å². The van der Waals surface area contributed by atoms with Gasteiger partial charge in [-0.2, -0.15) is 0 Å². The lowest BCUT2D eigenvalue weighted by atomic mass is 9.69. The Kier molecular flexibility index (Phi) is 8.91. The van der Waals surface area contributed by atoms with E-state index in [2.05, 4.69) is 254 Å². The summed E-state index contributed by atoms with van der Waals surface area (Å²) in [6, 6.07) is 85.2. The minimum Gasteiger partial charge on any atom is -0.310 e. The molecule has 0 saturated carbocycles. The zero-order valence-electron chi connectivity index (χ0n) is 36.4. The predicted octanol–water partition coefficient (Wildman–Crippen LogP) is 17.7. The van der Waals surface area contributed by atoms with Gasteiger partial charge in [-0.1, -0.05) is 194 Å². The Bertz CT molecular complexity index is 3690. The van der Waals surface area contributed by atoms with E-state index < -0.39 is 5.41 Å². The number of fused-ring (bicyclic) bond motifs is 13. The highest BCUT2D eigenvalue weighted by Crippen LogP contribution is 2.67. The van der Waals surface area contributed by atoms with Gasteiger partial charge in [0.15, 0.2) is 0 Å². The number of benzene rings is 10. The number of hydrogen-bond donors (Lipinski definition) is 0. The summed E-state index contributed by atoms with van der Waals surface area (Å²) in [4.78, 5) is 3.79. The summed E-state index contributed by atoms with van der Waals surface area (Å²) >= 11 is 1.94. The van der Waals surface area contributed by atoms with Gasteiger partial charge in [-0.05, 0) is 150 Å². The molecule has 310 valence electrons. The fraction of sp³-hybridized carbons (Fsp3) is 0.0312. The topological polar surface area (TPSA) is 3.24 Å². The second-order valence-electron chi connectivity index (χ2n) is 17.6. The first-order chi connectivity index (χ1) is 32.6. The summed E-state index contributed by atoms with van der Waals surface area (Å²) in [5, 5.41) is 3.85. The van der Waals surface area contributed by atoms with Crippen molar-refractivity contribution in [1.29, 1.82) is 0 Å². The number of nitrogens with zero attached hydrogens (tertiary/aromatic N) is 1. The number of aryl methyl sites for hydroxylation is 1. The molecule has 10 aromatic carbocycles. The van der Waals surface area contributed by atoms with Crippen LogP contribution >= 0.6 is 11.3 Å².